The Morgan fingerprint density at radius 3 is 2.44 bits per heavy atom. The van der Waals surface area contributed by atoms with Crippen molar-refractivity contribution in [2.24, 2.45) is 5.41 Å². The van der Waals surface area contributed by atoms with Crippen LogP contribution in [0.5, 0.6) is 0 Å². The number of hydrogen-bond acceptors (Lipinski definition) is 1. The largest absolute Gasteiger partial charge is 0.481 e. The minimum Gasteiger partial charge on any atom is -0.481 e. The van der Waals surface area contributed by atoms with Crippen LogP contribution >= 0.6 is 0 Å². The van der Waals surface area contributed by atoms with Crippen LogP contribution in [-0.2, 0) is 4.79 Å². The maximum atomic E-state index is 12.3. The molecule has 0 radical (unpaired) electrons. The minimum absolute atomic E-state index is 0.207. The predicted octanol–water partition coefficient (Wildman–Crippen LogP) is 1.21. The molecule has 0 aromatic heterocycles. The number of aliphatic carboxylic acids is 1. The Morgan fingerprint density at radius 1 is 2.00 bits per heavy atom. The molecule has 1 fully saturated rings. The summed E-state index contributed by atoms with van der Waals surface area (Å²) < 4.78 is 12.3. The highest BCUT2D eigenvalue weighted by molar-refractivity contribution is 5.79. The van der Waals surface area contributed by atoms with Crippen LogP contribution in [0.1, 0.15) is 19.8 Å². The maximum Gasteiger partial charge on any atom is 0.312 e. The van der Waals surface area contributed by atoms with E-state index in [0.717, 1.165) is 0 Å². The Bertz CT molecular complexity index is 142. The second kappa shape index (κ2) is 1.69. The van der Waals surface area contributed by atoms with Crippen LogP contribution in [0.2, 0.25) is 0 Å². The fraction of sp³-hybridized carbons (Fsp3) is 0.833. The SMILES string of the molecule is CC[C@]1(C(=O)O)CC1F. The zero-order valence-corrected chi connectivity index (χ0v) is 5.22. The van der Waals surface area contributed by atoms with Crippen molar-refractivity contribution in [2.75, 3.05) is 0 Å². The van der Waals surface area contributed by atoms with E-state index in [1.54, 1.807) is 6.92 Å². The zero-order chi connectivity index (χ0) is 7.07. The second-order valence-electron chi connectivity index (χ2n) is 2.49. The molecule has 1 saturated carbocycles. The molecule has 0 aliphatic heterocycles. The van der Waals surface area contributed by atoms with Gasteiger partial charge < -0.3 is 5.11 Å². The fourth-order valence-electron chi connectivity index (χ4n) is 0.999. The lowest BCUT2D eigenvalue weighted by Gasteiger charge is -2.02. The third kappa shape index (κ3) is 0.713. The summed E-state index contributed by atoms with van der Waals surface area (Å²) in [5.41, 5.74) is -1.00. The Kier molecular flexibility index (Phi) is 1.22. The molecule has 1 aliphatic rings. The van der Waals surface area contributed by atoms with Gasteiger partial charge in [0.25, 0.3) is 0 Å². The molecule has 2 atom stereocenters. The summed E-state index contributed by atoms with van der Waals surface area (Å²) in [4.78, 5) is 10.3. The monoisotopic (exact) mass is 132 g/mol. The molecule has 1 unspecified atom stereocenters. The first-order valence-electron chi connectivity index (χ1n) is 3.01. The predicted molar refractivity (Wildman–Crippen MR) is 29.9 cm³/mol. The van der Waals surface area contributed by atoms with Crippen LogP contribution in [-0.4, -0.2) is 17.2 Å². The molecule has 0 heterocycles. The van der Waals surface area contributed by atoms with Gasteiger partial charge in [0.2, 0.25) is 0 Å². The van der Waals surface area contributed by atoms with Crippen molar-refractivity contribution in [3.8, 4) is 0 Å². The van der Waals surface area contributed by atoms with Crippen molar-refractivity contribution in [2.45, 2.75) is 25.9 Å². The molecule has 0 aromatic rings. The normalized spacial score (nSPS) is 40.4. The van der Waals surface area contributed by atoms with Crippen molar-refractivity contribution in [1.29, 1.82) is 0 Å². The van der Waals surface area contributed by atoms with E-state index in [1.165, 1.54) is 0 Å². The molecule has 1 aliphatic carbocycles. The van der Waals surface area contributed by atoms with Crippen molar-refractivity contribution in [1.82, 2.24) is 0 Å². The van der Waals surface area contributed by atoms with Crippen molar-refractivity contribution in [3.05, 3.63) is 0 Å². The lowest BCUT2D eigenvalue weighted by molar-refractivity contribution is -0.144. The van der Waals surface area contributed by atoms with E-state index in [-0.39, 0.29) is 6.42 Å². The van der Waals surface area contributed by atoms with Gasteiger partial charge in [-0.2, -0.15) is 0 Å². The molecule has 9 heavy (non-hydrogen) atoms. The van der Waals surface area contributed by atoms with E-state index >= 15 is 0 Å². The molecule has 0 bridgehead atoms. The molecular weight excluding hydrogens is 123 g/mol. The van der Waals surface area contributed by atoms with Crippen LogP contribution in [0.15, 0.2) is 0 Å². The molecule has 52 valence electrons. The highest BCUT2D eigenvalue weighted by Crippen LogP contribution is 2.51. The van der Waals surface area contributed by atoms with Gasteiger partial charge in [-0.1, -0.05) is 6.92 Å². The number of rotatable bonds is 2. The van der Waals surface area contributed by atoms with E-state index in [4.69, 9.17) is 5.11 Å². The summed E-state index contributed by atoms with van der Waals surface area (Å²) in [6.45, 7) is 1.70. The average molecular weight is 132 g/mol. The quantitative estimate of drug-likeness (QED) is 0.613. The first-order valence-corrected chi connectivity index (χ1v) is 3.01. The van der Waals surface area contributed by atoms with E-state index in [1.807, 2.05) is 0 Å². The molecule has 1 N–H and O–H groups in total. The number of hydrogen-bond donors (Lipinski definition) is 1. The van der Waals surface area contributed by atoms with Crippen molar-refractivity contribution < 1.29 is 14.3 Å². The Labute approximate surface area is 52.7 Å². The van der Waals surface area contributed by atoms with Crippen LogP contribution in [0.4, 0.5) is 4.39 Å². The van der Waals surface area contributed by atoms with Crippen molar-refractivity contribution in [3.63, 3.8) is 0 Å². The van der Waals surface area contributed by atoms with Gasteiger partial charge >= 0.3 is 5.97 Å². The number of alkyl halides is 1. The van der Waals surface area contributed by atoms with Gasteiger partial charge in [0, 0.05) is 0 Å². The van der Waals surface area contributed by atoms with Gasteiger partial charge in [0.1, 0.15) is 11.6 Å². The van der Waals surface area contributed by atoms with Crippen LogP contribution in [0, 0.1) is 5.41 Å². The summed E-state index contributed by atoms with van der Waals surface area (Å²) >= 11 is 0. The van der Waals surface area contributed by atoms with E-state index in [9.17, 15) is 9.18 Å². The highest BCUT2D eigenvalue weighted by Gasteiger charge is 2.60. The lowest BCUT2D eigenvalue weighted by atomic mass is 10.0. The highest BCUT2D eigenvalue weighted by atomic mass is 19.1. The molecular formula is C6H9FO2. The third-order valence-electron chi connectivity index (χ3n) is 2.04. The van der Waals surface area contributed by atoms with Gasteiger partial charge in [0.05, 0.1) is 0 Å². The lowest BCUT2D eigenvalue weighted by Crippen LogP contribution is -2.16. The van der Waals surface area contributed by atoms with Gasteiger partial charge in [-0.05, 0) is 12.8 Å². The van der Waals surface area contributed by atoms with Crippen LogP contribution in [0.3, 0.4) is 0 Å². The Balaban J connectivity index is 2.62. The van der Waals surface area contributed by atoms with Gasteiger partial charge in [-0.15, -0.1) is 0 Å². The summed E-state index contributed by atoms with van der Waals surface area (Å²) in [5, 5.41) is 8.43. The molecule has 0 amide bonds. The zero-order valence-electron chi connectivity index (χ0n) is 5.22. The number of carbonyl (C=O) groups is 1. The summed E-state index contributed by atoms with van der Waals surface area (Å²) in [6.07, 6.45) is -0.484. The minimum atomic E-state index is -1.10. The number of carboxylic acid groups (broad SMARTS) is 1. The molecule has 1 rings (SSSR count). The second-order valence-corrected chi connectivity index (χ2v) is 2.49. The van der Waals surface area contributed by atoms with E-state index < -0.39 is 17.6 Å². The molecule has 2 nitrogen and oxygen atoms in total. The first-order chi connectivity index (χ1) is 4.13. The Hall–Kier alpha value is -0.600. The smallest absolute Gasteiger partial charge is 0.312 e. The number of halogens is 1. The summed E-state index contributed by atoms with van der Waals surface area (Å²) in [7, 11) is 0. The average Bonchev–Trinajstić information content (AvgIpc) is 2.43. The van der Waals surface area contributed by atoms with Crippen LogP contribution < -0.4 is 0 Å². The molecule has 3 heteroatoms. The molecule has 0 saturated heterocycles. The van der Waals surface area contributed by atoms with Gasteiger partial charge in [0.15, 0.2) is 0 Å². The third-order valence-corrected chi connectivity index (χ3v) is 2.04. The topological polar surface area (TPSA) is 37.3 Å². The summed E-state index contributed by atoms with van der Waals surface area (Å²) in [5.74, 6) is -0.988. The maximum absolute atomic E-state index is 12.3. The van der Waals surface area contributed by atoms with E-state index in [0.29, 0.717) is 6.42 Å². The first kappa shape index (κ1) is 6.52. The molecule has 0 spiro atoms. The van der Waals surface area contributed by atoms with Crippen molar-refractivity contribution >= 4 is 5.97 Å². The standard InChI is InChI=1S/C6H9FO2/c1-2-6(5(8)9)3-4(6)7/h4H,2-3H2,1H3,(H,8,9)/t4?,6-/m0/s1. The summed E-state index contributed by atoms with van der Waals surface area (Å²) in [6, 6.07) is 0. The Morgan fingerprint density at radius 2 is 2.44 bits per heavy atom. The van der Waals surface area contributed by atoms with E-state index in [2.05, 4.69) is 0 Å². The van der Waals surface area contributed by atoms with Gasteiger partial charge in [-0.3, -0.25) is 4.79 Å². The number of carboxylic acids is 1. The molecule has 0 aromatic carbocycles. The van der Waals surface area contributed by atoms with Crippen LogP contribution in [0.25, 0.3) is 0 Å². The van der Waals surface area contributed by atoms with Gasteiger partial charge in [-0.25, -0.2) is 4.39 Å². The fourth-order valence-corrected chi connectivity index (χ4v) is 0.999.